The molecule has 7 nitrogen and oxygen atoms in total. The van der Waals surface area contributed by atoms with E-state index in [1.165, 1.54) is 0 Å². The van der Waals surface area contributed by atoms with E-state index in [2.05, 4.69) is 18.3 Å². The van der Waals surface area contributed by atoms with Crippen molar-refractivity contribution in [3.05, 3.63) is 89.9 Å². The van der Waals surface area contributed by atoms with Gasteiger partial charge >= 0.3 is 0 Å². The molecule has 4 heterocycles. The number of ketones is 1. The van der Waals surface area contributed by atoms with Crippen LogP contribution in [0.15, 0.2) is 73.1 Å². The van der Waals surface area contributed by atoms with Gasteiger partial charge in [-0.15, -0.1) is 0 Å². The number of hydrogen-bond donors (Lipinski definition) is 1. The minimum absolute atomic E-state index is 0.0238. The number of Topliss-reactive ketones (excluding diaryl/α,β-unsaturated/α-hetero) is 1. The number of carbonyl (C=O) groups excluding carboxylic acids is 1. The quantitative estimate of drug-likeness (QED) is 0.297. The van der Waals surface area contributed by atoms with Gasteiger partial charge in [0.25, 0.3) is 0 Å². The van der Waals surface area contributed by atoms with E-state index in [0.717, 1.165) is 46.0 Å². The average Bonchev–Trinajstić information content (AvgIpc) is 3.44. The van der Waals surface area contributed by atoms with Gasteiger partial charge in [-0.25, -0.2) is 4.98 Å². The van der Waals surface area contributed by atoms with Gasteiger partial charge in [-0.1, -0.05) is 25.1 Å². The first-order valence-corrected chi connectivity index (χ1v) is 11.6. The zero-order valence-corrected chi connectivity index (χ0v) is 19.7. The number of anilines is 1. The molecule has 0 aliphatic heterocycles. The van der Waals surface area contributed by atoms with E-state index in [1.54, 1.807) is 6.92 Å². The lowest BCUT2D eigenvalue weighted by Gasteiger charge is -2.10. The summed E-state index contributed by atoms with van der Waals surface area (Å²) in [5.74, 6) is 1.56. The number of rotatable bonds is 8. The molecule has 0 amide bonds. The summed E-state index contributed by atoms with van der Waals surface area (Å²) in [6.45, 7) is 4.81. The van der Waals surface area contributed by atoms with Gasteiger partial charge < -0.3 is 14.5 Å². The Balaban J connectivity index is 1.63. The van der Waals surface area contributed by atoms with Crippen molar-refractivity contribution in [3.63, 3.8) is 0 Å². The summed E-state index contributed by atoms with van der Waals surface area (Å²) in [5, 5.41) is 12.6. The molecule has 0 unspecified atom stereocenters. The molecule has 0 fully saturated rings. The summed E-state index contributed by atoms with van der Waals surface area (Å²) in [4.78, 5) is 17.4. The summed E-state index contributed by atoms with van der Waals surface area (Å²) < 4.78 is 9.78. The number of pyridine rings is 2. The zero-order valence-electron chi connectivity index (χ0n) is 19.7. The van der Waals surface area contributed by atoms with Gasteiger partial charge in [0.2, 0.25) is 0 Å². The molecular weight excluding hydrogens is 438 g/mol. The molecule has 174 valence electrons. The van der Waals surface area contributed by atoms with Gasteiger partial charge in [0.15, 0.2) is 5.78 Å². The maximum atomic E-state index is 12.5. The molecule has 0 radical (unpaired) electrons. The smallest absolute Gasteiger partial charge is 0.176 e. The fourth-order valence-electron chi connectivity index (χ4n) is 4.18. The Morgan fingerprint density at radius 1 is 1.09 bits per heavy atom. The molecule has 0 aliphatic rings. The molecule has 4 aromatic heterocycles. The first kappa shape index (κ1) is 22.2. The largest absolute Gasteiger partial charge is 0.493 e. The highest BCUT2D eigenvalue weighted by molar-refractivity contribution is 5.99. The Bertz CT molecular complexity index is 1570. The number of nitrogens with one attached hydrogen (secondary N) is 1. The summed E-state index contributed by atoms with van der Waals surface area (Å²) in [5.41, 5.74) is 5.52. The Morgan fingerprint density at radius 3 is 2.66 bits per heavy atom. The van der Waals surface area contributed by atoms with Crippen molar-refractivity contribution in [1.29, 1.82) is 5.26 Å². The predicted molar refractivity (Wildman–Crippen MR) is 136 cm³/mol. The second-order valence-corrected chi connectivity index (χ2v) is 8.37. The number of carbonyl (C=O) groups is 1. The Labute approximate surface area is 203 Å². The van der Waals surface area contributed by atoms with Gasteiger partial charge in [0.1, 0.15) is 22.9 Å². The van der Waals surface area contributed by atoms with Crippen molar-refractivity contribution < 1.29 is 9.53 Å². The second-order valence-electron chi connectivity index (χ2n) is 8.37. The lowest BCUT2D eigenvalue weighted by atomic mass is 10.1. The Kier molecular flexibility index (Phi) is 5.94. The van der Waals surface area contributed by atoms with Crippen LogP contribution in [0.5, 0.6) is 5.75 Å². The molecule has 0 saturated carbocycles. The Morgan fingerprint density at radius 2 is 1.91 bits per heavy atom. The van der Waals surface area contributed by atoms with Crippen LogP contribution in [0, 0.1) is 11.3 Å². The van der Waals surface area contributed by atoms with E-state index in [0.29, 0.717) is 24.4 Å². The number of nitrogens with zero attached hydrogens (tertiary/aromatic N) is 4. The van der Waals surface area contributed by atoms with Crippen LogP contribution in [0.2, 0.25) is 0 Å². The topological polar surface area (TPSA) is 83.8 Å². The molecule has 0 bridgehead atoms. The zero-order chi connectivity index (χ0) is 24.4. The molecular formula is C28H25N5O2. The molecule has 35 heavy (non-hydrogen) atoms. The number of imidazole rings is 1. The minimum atomic E-state index is -0.0238. The number of ether oxygens (including phenoxy) is 1. The minimum Gasteiger partial charge on any atom is -0.493 e. The summed E-state index contributed by atoms with van der Waals surface area (Å²) in [6.07, 6.45) is 4.75. The molecule has 1 N–H and O–H groups in total. The Hall–Kier alpha value is -4.57. The molecule has 5 rings (SSSR count). The molecule has 7 heteroatoms. The average molecular weight is 464 g/mol. The highest BCUT2D eigenvalue weighted by Crippen LogP contribution is 2.35. The third-order valence-corrected chi connectivity index (χ3v) is 5.90. The highest BCUT2D eigenvalue weighted by atomic mass is 16.5. The molecule has 0 aliphatic carbocycles. The van der Waals surface area contributed by atoms with Gasteiger partial charge in [0, 0.05) is 37.5 Å². The van der Waals surface area contributed by atoms with Crippen LogP contribution >= 0.6 is 0 Å². The van der Waals surface area contributed by atoms with E-state index in [-0.39, 0.29) is 5.78 Å². The van der Waals surface area contributed by atoms with Crippen molar-refractivity contribution in [2.75, 3.05) is 11.9 Å². The van der Waals surface area contributed by atoms with E-state index >= 15 is 0 Å². The van der Waals surface area contributed by atoms with Crippen LogP contribution < -0.4 is 10.1 Å². The number of fused-ring (bicyclic) bond motifs is 2. The van der Waals surface area contributed by atoms with Crippen LogP contribution in [0.1, 0.15) is 41.9 Å². The van der Waals surface area contributed by atoms with Crippen molar-refractivity contribution in [2.24, 2.45) is 0 Å². The van der Waals surface area contributed by atoms with Gasteiger partial charge in [-0.3, -0.25) is 9.20 Å². The number of nitriles is 1. The summed E-state index contributed by atoms with van der Waals surface area (Å²) in [7, 11) is 0. The van der Waals surface area contributed by atoms with E-state index in [9.17, 15) is 4.79 Å². The third kappa shape index (κ3) is 4.22. The summed E-state index contributed by atoms with van der Waals surface area (Å²) >= 11 is 0. The predicted octanol–water partition coefficient (Wildman–Crippen LogP) is 5.73. The number of benzene rings is 1. The van der Waals surface area contributed by atoms with Gasteiger partial charge in [0.05, 0.1) is 29.5 Å². The highest BCUT2D eigenvalue weighted by Gasteiger charge is 2.21. The number of aromatic nitrogens is 3. The second kappa shape index (κ2) is 9.35. The first-order valence-electron chi connectivity index (χ1n) is 11.6. The maximum Gasteiger partial charge on any atom is 0.176 e. The van der Waals surface area contributed by atoms with Crippen LogP contribution in [-0.4, -0.2) is 26.2 Å². The van der Waals surface area contributed by atoms with Crippen LogP contribution in [0.3, 0.4) is 0 Å². The fourth-order valence-corrected chi connectivity index (χ4v) is 4.18. The SMILES string of the molecule is CCCOc1ccn2c(C(C)=O)cc(-c3nc4ccccn4c3NCc3ccc(C#N)cc3)c2c1. The van der Waals surface area contributed by atoms with Crippen molar-refractivity contribution in [2.45, 2.75) is 26.8 Å². The standard InChI is InChI=1S/C28H25N5O2/c1-3-14-35-22-11-13-32-24(19(2)34)16-23(25(32)15-22)27-28(33-12-5-4-6-26(33)31-27)30-18-21-9-7-20(17-29)8-10-21/h4-13,15-16,30H,3,14,18H2,1-2H3. The molecule has 0 saturated heterocycles. The van der Waals surface area contributed by atoms with Crippen molar-refractivity contribution >= 4 is 22.8 Å². The third-order valence-electron chi connectivity index (χ3n) is 5.90. The lowest BCUT2D eigenvalue weighted by molar-refractivity contribution is 0.101. The molecule has 5 aromatic rings. The normalized spacial score (nSPS) is 11.0. The van der Waals surface area contributed by atoms with Crippen LogP contribution in [0.4, 0.5) is 5.82 Å². The van der Waals surface area contributed by atoms with E-state index in [1.807, 2.05) is 81.9 Å². The van der Waals surface area contributed by atoms with Crippen LogP contribution in [-0.2, 0) is 6.54 Å². The van der Waals surface area contributed by atoms with Gasteiger partial charge in [-0.05, 0) is 48.4 Å². The molecule has 0 atom stereocenters. The molecule has 1 aromatic carbocycles. The summed E-state index contributed by atoms with van der Waals surface area (Å²) in [6, 6.07) is 21.3. The van der Waals surface area contributed by atoms with Crippen LogP contribution in [0.25, 0.3) is 22.4 Å². The van der Waals surface area contributed by atoms with Gasteiger partial charge in [-0.2, -0.15) is 5.26 Å². The number of hydrogen-bond acceptors (Lipinski definition) is 5. The lowest BCUT2D eigenvalue weighted by Crippen LogP contribution is -2.03. The van der Waals surface area contributed by atoms with E-state index in [4.69, 9.17) is 15.0 Å². The maximum absolute atomic E-state index is 12.5. The monoisotopic (exact) mass is 463 g/mol. The van der Waals surface area contributed by atoms with Crippen molar-refractivity contribution in [1.82, 2.24) is 13.8 Å². The van der Waals surface area contributed by atoms with Crippen molar-refractivity contribution in [3.8, 4) is 23.1 Å². The first-order chi connectivity index (χ1) is 17.1. The molecule has 0 spiro atoms. The van der Waals surface area contributed by atoms with E-state index < -0.39 is 0 Å². The fraction of sp³-hybridized carbons (Fsp3) is 0.179.